The molecule has 4 aromatic rings. The third-order valence-corrected chi connectivity index (χ3v) is 7.98. The highest BCUT2D eigenvalue weighted by atomic mass is 32.1. The zero-order chi connectivity index (χ0) is 22.9. The quantitative estimate of drug-likeness (QED) is 0.434. The van der Waals surface area contributed by atoms with E-state index in [1.54, 1.807) is 18.6 Å². The van der Waals surface area contributed by atoms with Gasteiger partial charge in [-0.05, 0) is 57.0 Å². The fraction of sp³-hybridized carbons (Fsp3) is 0.385. The summed E-state index contributed by atoms with van der Waals surface area (Å²) in [5, 5.41) is 2.85. The molecule has 0 N–H and O–H groups in total. The second-order valence-electron chi connectivity index (χ2n) is 9.15. The second-order valence-corrected chi connectivity index (χ2v) is 10.0. The highest BCUT2D eigenvalue weighted by Crippen LogP contribution is 2.32. The van der Waals surface area contributed by atoms with Crippen molar-refractivity contribution in [3.05, 3.63) is 60.0 Å². The lowest BCUT2D eigenvalue weighted by molar-refractivity contribution is 0.0592. The summed E-state index contributed by atoms with van der Waals surface area (Å²) in [6, 6.07) is 8.63. The predicted octanol–water partition coefficient (Wildman–Crippen LogP) is 4.61. The number of carbonyl (C=O) groups is 1. The molecule has 174 valence electrons. The number of nitrogens with zero attached hydrogens (tertiary/aromatic N) is 6. The molecule has 7 nitrogen and oxygen atoms in total. The van der Waals surface area contributed by atoms with E-state index < -0.39 is 0 Å². The Kier molecular flexibility index (Phi) is 5.84. The number of fused-ring (bicyclic) bond motifs is 1. The molecule has 6 heterocycles. The minimum Gasteiger partial charge on any atom is -0.338 e. The van der Waals surface area contributed by atoms with Crippen molar-refractivity contribution in [3.8, 4) is 22.1 Å². The van der Waals surface area contributed by atoms with E-state index in [0.717, 1.165) is 59.1 Å². The summed E-state index contributed by atoms with van der Waals surface area (Å²) in [7, 11) is 0. The molecule has 2 aliphatic rings. The third kappa shape index (κ3) is 4.01. The Labute approximate surface area is 203 Å². The average Bonchev–Trinajstić information content (AvgIpc) is 3.55. The van der Waals surface area contributed by atoms with Gasteiger partial charge >= 0.3 is 0 Å². The van der Waals surface area contributed by atoms with E-state index in [4.69, 9.17) is 4.98 Å². The SMILES string of the molecule is O=C(c1cc(-c2csc(-c3cnccn3)n2)n2ccccc12)N1CCC(N2CCCCC2)CC1. The van der Waals surface area contributed by atoms with Gasteiger partial charge in [-0.3, -0.25) is 14.8 Å². The number of hydrogen-bond donors (Lipinski definition) is 0. The number of hydrogen-bond acceptors (Lipinski definition) is 6. The van der Waals surface area contributed by atoms with Crippen molar-refractivity contribution in [2.24, 2.45) is 0 Å². The first-order chi connectivity index (χ1) is 16.8. The molecule has 0 aliphatic carbocycles. The molecule has 0 radical (unpaired) electrons. The molecule has 0 spiro atoms. The van der Waals surface area contributed by atoms with Gasteiger partial charge in [0.25, 0.3) is 5.91 Å². The number of thiazole rings is 1. The number of piperidine rings is 2. The van der Waals surface area contributed by atoms with Gasteiger partial charge in [0, 0.05) is 43.1 Å². The summed E-state index contributed by atoms with van der Waals surface area (Å²) in [5.74, 6) is 0.122. The molecule has 1 amide bonds. The maximum Gasteiger partial charge on any atom is 0.256 e. The lowest BCUT2D eigenvalue weighted by Gasteiger charge is -2.40. The van der Waals surface area contributed by atoms with Crippen LogP contribution in [-0.4, -0.2) is 67.3 Å². The lowest BCUT2D eigenvalue weighted by atomic mass is 9.99. The molecule has 0 atom stereocenters. The first-order valence-corrected chi connectivity index (χ1v) is 13.0. The van der Waals surface area contributed by atoms with Crippen LogP contribution in [0.5, 0.6) is 0 Å². The zero-order valence-corrected chi connectivity index (χ0v) is 20.0. The van der Waals surface area contributed by atoms with Gasteiger partial charge in [0.05, 0.1) is 28.7 Å². The van der Waals surface area contributed by atoms with Crippen molar-refractivity contribution in [2.45, 2.75) is 38.1 Å². The number of carbonyl (C=O) groups excluding carboxylic acids is 1. The monoisotopic (exact) mass is 472 g/mol. The van der Waals surface area contributed by atoms with Gasteiger partial charge in [0.1, 0.15) is 10.7 Å². The summed E-state index contributed by atoms with van der Waals surface area (Å²) < 4.78 is 2.07. The van der Waals surface area contributed by atoms with Gasteiger partial charge in [-0.2, -0.15) is 0 Å². The molecular formula is C26H28N6OS. The summed E-state index contributed by atoms with van der Waals surface area (Å²) >= 11 is 1.54. The predicted molar refractivity (Wildman–Crippen MR) is 134 cm³/mol. The van der Waals surface area contributed by atoms with Crippen LogP contribution in [0.15, 0.2) is 54.4 Å². The van der Waals surface area contributed by atoms with Crippen LogP contribution in [0.25, 0.3) is 27.6 Å². The molecule has 2 saturated heterocycles. The van der Waals surface area contributed by atoms with Crippen molar-refractivity contribution in [2.75, 3.05) is 26.2 Å². The van der Waals surface area contributed by atoms with Crippen LogP contribution < -0.4 is 0 Å². The second kappa shape index (κ2) is 9.27. The number of rotatable bonds is 4. The van der Waals surface area contributed by atoms with Gasteiger partial charge < -0.3 is 14.2 Å². The van der Waals surface area contributed by atoms with Crippen molar-refractivity contribution < 1.29 is 4.79 Å². The number of likely N-dealkylation sites (tertiary alicyclic amines) is 2. The Morgan fingerprint density at radius 2 is 1.85 bits per heavy atom. The smallest absolute Gasteiger partial charge is 0.256 e. The van der Waals surface area contributed by atoms with E-state index in [1.165, 1.54) is 43.7 Å². The molecule has 34 heavy (non-hydrogen) atoms. The van der Waals surface area contributed by atoms with Gasteiger partial charge in [-0.1, -0.05) is 12.5 Å². The molecule has 4 aromatic heterocycles. The third-order valence-electron chi connectivity index (χ3n) is 7.11. The van der Waals surface area contributed by atoms with E-state index in [0.29, 0.717) is 6.04 Å². The van der Waals surface area contributed by atoms with E-state index >= 15 is 0 Å². The minimum absolute atomic E-state index is 0.122. The van der Waals surface area contributed by atoms with E-state index in [1.807, 2.05) is 40.7 Å². The van der Waals surface area contributed by atoms with Gasteiger partial charge in [-0.25, -0.2) is 4.98 Å². The molecule has 2 aliphatic heterocycles. The van der Waals surface area contributed by atoms with Gasteiger partial charge in [0.15, 0.2) is 0 Å². The maximum atomic E-state index is 13.6. The van der Waals surface area contributed by atoms with Crippen LogP contribution in [-0.2, 0) is 0 Å². The Morgan fingerprint density at radius 1 is 1.00 bits per heavy atom. The largest absolute Gasteiger partial charge is 0.338 e. The lowest BCUT2D eigenvalue weighted by Crippen LogP contribution is -2.48. The number of aromatic nitrogens is 4. The van der Waals surface area contributed by atoms with Crippen molar-refractivity contribution in [1.29, 1.82) is 0 Å². The van der Waals surface area contributed by atoms with Gasteiger partial charge in [-0.15, -0.1) is 11.3 Å². The van der Waals surface area contributed by atoms with Crippen molar-refractivity contribution in [3.63, 3.8) is 0 Å². The van der Waals surface area contributed by atoms with E-state index in [-0.39, 0.29) is 5.91 Å². The molecule has 6 rings (SSSR count). The molecule has 0 aromatic carbocycles. The number of pyridine rings is 1. The summed E-state index contributed by atoms with van der Waals surface area (Å²) in [6.07, 6.45) is 13.2. The van der Waals surface area contributed by atoms with Crippen LogP contribution in [0, 0.1) is 0 Å². The Hall–Kier alpha value is -3.10. The van der Waals surface area contributed by atoms with Gasteiger partial charge in [0.2, 0.25) is 0 Å². The minimum atomic E-state index is 0.122. The topological polar surface area (TPSA) is 66.6 Å². The van der Waals surface area contributed by atoms with Crippen LogP contribution in [0.2, 0.25) is 0 Å². The molecule has 0 bridgehead atoms. The first-order valence-electron chi connectivity index (χ1n) is 12.1. The molecular weight excluding hydrogens is 444 g/mol. The average molecular weight is 473 g/mol. The number of amides is 1. The standard InChI is InChI=1S/C26H28N6OS/c33-26(31-14-7-19(8-15-31)30-11-3-1-4-12-30)20-16-24(32-13-5-2-6-23(20)32)22-18-34-25(29-22)21-17-27-9-10-28-21/h2,5-6,9-10,13,16-19H,1,3-4,7-8,11-12,14-15H2. The zero-order valence-electron chi connectivity index (χ0n) is 19.1. The highest BCUT2D eigenvalue weighted by Gasteiger charge is 2.29. The molecule has 0 unspecified atom stereocenters. The summed E-state index contributed by atoms with van der Waals surface area (Å²) in [6.45, 7) is 4.09. The summed E-state index contributed by atoms with van der Waals surface area (Å²) in [4.78, 5) is 31.7. The molecule has 0 saturated carbocycles. The van der Waals surface area contributed by atoms with Crippen LogP contribution in [0.4, 0.5) is 0 Å². The van der Waals surface area contributed by atoms with Crippen molar-refractivity contribution in [1.82, 2.24) is 29.2 Å². The van der Waals surface area contributed by atoms with Crippen LogP contribution >= 0.6 is 11.3 Å². The Balaban J connectivity index is 1.26. The Bertz CT molecular complexity index is 1290. The fourth-order valence-electron chi connectivity index (χ4n) is 5.33. The highest BCUT2D eigenvalue weighted by molar-refractivity contribution is 7.13. The fourth-order valence-corrected chi connectivity index (χ4v) is 6.10. The van der Waals surface area contributed by atoms with Crippen LogP contribution in [0.1, 0.15) is 42.5 Å². The van der Waals surface area contributed by atoms with Crippen LogP contribution in [0.3, 0.4) is 0 Å². The molecule has 2 fully saturated rings. The van der Waals surface area contributed by atoms with E-state index in [2.05, 4.69) is 19.3 Å². The maximum absolute atomic E-state index is 13.6. The Morgan fingerprint density at radius 3 is 2.65 bits per heavy atom. The normalized spacial score (nSPS) is 17.9. The summed E-state index contributed by atoms with van der Waals surface area (Å²) in [5.41, 5.74) is 4.20. The van der Waals surface area contributed by atoms with Crippen molar-refractivity contribution >= 4 is 22.8 Å². The first kappa shape index (κ1) is 21.4. The molecule has 8 heteroatoms. The van der Waals surface area contributed by atoms with E-state index in [9.17, 15) is 4.79 Å².